The smallest absolute Gasteiger partial charge is 0.143 e. The molecule has 0 saturated carbocycles. The van der Waals surface area contributed by atoms with Crippen LogP contribution in [0, 0.1) is 0 Å². The Morgan fingerprint density at radius 3 is 2.16 bits per heavy atom. The number of hydrogen-bond acceptors (Lipinski definition) is 1. The molecule has 0 amide bonds. The van der Waals surface area contributed by atoms with Gasteiger partial charge in [-0.3, -0.25) is 0 Å². The van der Waals surface area contributed by atoms with Crippen molar-refractivity contribution < 1.29 is 4.74 Å². The number of fused-ring (bicyclic) bond motifs is 1. The molecule has 1 N–H and O–H groups in total. The Labute approximate surface area is 154 Å². The van der Waals surface area contributed by atoms with E-state index in [0.29, 0.717) is 0 Å². The van der Waals surface area contributed by atoms with Crippen LogP contribution in [0.25, 0.3) is 10.9 Å². The van der Waals surface area contributed by atoms with Crippen LogP contribution < -0.4 is 4.74 Å². The van der Waals surface area contributed by atoms with Crippen LogP contribution in [-0.4, -0.2) is 11.6 Å². The lowest BCUT2D eigenvalue weighted by atomic mass is 10.1. The van der Waals surface area contributed by atoms with E-state index >= 15 is 0 Å². The molecular weight excluding hydrogens is 306 g/mol. The molecule has 25 heavy (non-hydrogen) atoms. The van der Waals surface area contributed by atoms with E-state index < -0.39 is 0 Å². The van der Waals surface area contributed by atoms with E-state index in [1.54, 1.807) is 0 Å². The lowest BCUT2D eigenvalue weighted by Gasteiger charge is -2.08. The highest BCUT2D eigenvalue weighted by atomic mass is 16.5. The fourth-order valence-electron chi connectivity index (χ4n) is 3.55. The van der Waals surface area contributed by atoms with Crippen molar-refractivity contribution in [2.75, 3.05) is 6.61 Å². The first-order valence-electron chi connectivity index (χ1n) is 10.6. The summed E-state index contributed by atoms with van der Waals surface area (Å²) in [6.45, 7) is 5.34. The summed E-state index contributed by atoms with van der Waals surface area (Å²) < 4.78 is 6.05. The molecule has 2 aromatic rings. The molecule has 2 nitrogen and oxygen atoms in total. The van der Waals surface area contributed by atoms with Crippen LogP contribution in [-0.2, 0) is 6.42 Å². The fourth-order valence-corrected chi connectivity index (χ4v) is 3.55. The SMILES string of the molecule is CCCCCCCCCCCCOc1cccc2c(CCC)c[nH]c12. The zero-order valence-electron chi connectivity index (χ0n) is 16.4. The van der Waals surface area contributed by atoms with Crippen molar-refractivity contribution in [1.82, 2.24) is 4.98 Å². The summed E-state index contributed by atoms with van der Waals surface area (Å²) in [6, 6.07) is 6.40. The van der Waals surface area contributed by atoms with Gasteiger partial charge in [-0.15, -0.1) is 0 Å². The first-order chi connectivity index (χ1) is 12.4. The second kappa shape index (κ2) is 12.0. The minimum atomic E-state index is 0.831. The van der Waals surface area contributed by atoms with E-state index in [1.165, 1.54) is 75.2 Å². The van der Waals surface area contributed by atoms with Crippen molar-refractivity contribution in [2.45, 2.75) is 90.9 Å². The number of para-hydroxylation sites is 1. The van der Waals surface area contributed by atoms with Gasteiger partial charge in [-0.25, -0.2) is 0 Å². The molecule has 0 saturated heterocycles. The lowest BCUT2D eigenvalue weighted by Crippen LogP contribution is -1.98. The number of ether oxygens (including phenoxy) is 1. The molecule has 0 aliphatic heterocycles. The summed E-state index contributed by atoms with van der Waals surface area (Å²) in [5.41, 5.74) is 2.57. The third-order valence-electron chi connectivity index (χ3n) is 5.04. The summed E-state index contributed by atoms with van der Waals surface area (Å²) in [5, 5.41) is 1.32. The molecule has 1 aromatic heterocycles. The summed E-state index contributed by atoms with van der Waals surface area (Å²) in [5.74, 6) is 1.01. The number of aromatic nitrogens is 1. The molecule has 0 atom stereocenters. The topological polar surface area (TPSA) is 25.0 Å². The molecule has 2 rings (SSSR count). The van der Waals surface area contributed by atoms with Gasteiger partial charge in [0.15, 0.2) is 0 Å². The molecule has 2 heteroatoms. The van der Waals surface area contributed by atoms with Gasteiger partial charge in [0.1, 0.15) is 5.75 Å². The van der Waals surface area contributed by atoms with E-state index in [4.69, 9.17) is 4.74 Å². The Bertz CT molecular complexity index is 587. The maximum atomic E-state index is 6.05. The number of rotatable bonds is 14. The van der Waals surface area contributed by atoms with Crippen molar-refractivity contribution in [3.05, 3.63) is 30.0 Å². The summed E-state index contributed by atoms with van der Waals surface area (Å²) in [4.78, 5) is 3.41. The molecule has 0 spiro atoms. The third kappa shape index (κ3) is 6.76. The van der Waals surface area contributed by atoms with Gasteiger partial charge in [0.2, 0.25) is 0 Å². The van der Waals surface area contributed by atoms with E-state index in [2.05, 4.69) is 43.2 Å². The van der Waals surface area contributed by atoms with Crippen molar-refractivity contribution in [1.29, 1.82) is 0 Å². The van der Waals surface area contributed by atoms with Crippen LogP contribution in [0.4, 0.5) is 0 Å². The first-order valence-corrected chi connectivity index (χ1v) is 10.6. The largest absolute Gasteiger partial charge is 0.491 e. The average molecular weight is 344 g/mol. The molecule has 140 valence electrons. The number of unbranched alkanes of at least 4 members (excludes halogenated alkanes) is 9. The number of hydrogen-bond donors (Lipinski definition) is 1. The minimum absolute atomic E-state index is 0.831. The summed E-state index contributed by atoms with van der Waals surface area (Å²) >= 11 is 0. The molecule has 0 aliphatic carbocycles. The second-order valence-electron chi connectivity index (χ2n) is 7.27. The Hall–Kier alpha value is -1.44. The summed E-state index contributed by atoms with van der Waals surface area (Å²) in [6.07, 6.45) is 18.1. The minimum Gasteiger partial charge on any atom is -0.491 e. The van der Waals surface area contributed by atoms with E-state index in [9.17, 15) is 0 Å². The molecule has 0 bridgehead atoms. The van der Waals surface area contributed by atoms with Gasteiger partial charge in [-0.1, -0.05) is 90.2 Å². The number of H-pyrrole nitrogens is 1. The lowest BCUT2D eigenvalue weighted by molar-refractivity contribution is 0.307. The first kappa shape index (κ1) is 19.9. The van der Waals surface area contributed by atoms with E-state index in [1.807, 2.05) is 0 Å². The van der Waals surface area contributed by atoms with Crippen LogP contribution in [0.3, 0.4) is 0 Å². The Morgan fingerprint density at radius 2 is 1.48 bits per heavy atom. The van der Waals surface area contributed by atoms with Crippen molar-refractivity contribution in [3.8, 4) is 5.75 Å². The highest BCUT2D eigenvalue weighted by Gasteiger charge is 2.07. The van der Waals surface area contributed by atoms with Crippen molar-refractivity contribution >= 4 is 10.9 Å². The number of nitrogens with one attached hydrogen (secondary N) is 1. The summed E-state index contributed by atoms with van der Waals surface area (Å²) in [7, 11) is 0. The Kier molecular flexibility index (Phi) is 9.54. The maximum absolute atomic E-state index is 6.05. The van der Waals surface area contributed by atoms with Crippen LogP contribution in [0.1, 0.15) is 90.0 Å². The molecule has 1 heterocycles. The van der Waals surface area contributed by atoms with Gasteiger partial charge in [-0.2, -0.15) is 0 Å². The van der Waals surface area contributed by atoms with Gasteiger partial charge >= 0.3 is 0 Å². The predicted octanol–water partition coefficient (Wildman–Crippen LogP) is 7.42. The van der Waals surface area contributed by atoms with E-state index in [0.717, 1.165) is 30.7 Å². The Balaban J connectivity index is 1.60. The van der Waals surface area contributed by atoms with Crippen LogP contribution in [0.2, 0.25) is 0 Å². The second-order valence-corrected chi connectivity index (χ2v) is 7.27. The standard InChI is InChI=1S/C23H37NO/c1-3-5-6-7-8-9-10-11-12-13-18-25-22-17-14-16-21-20(15-4-2)19-24-23(21)22/h14,16-17,19,24H,3-13,15,18H2,1-2H3. The molecule has 0 unspecified atom stereocenters. The van der Waals surface area contributed by atoms with Gasteiger partial charge in [0, 0.05) is 11.6 Å². The van der Waals surface area contributed by atoms with Crippen molar-refractivity contribution in [3.63, 3.8) is 0 Å². The highest BCUT2D eigenvalue weighted by molar-refractivity contribution is 5.88. The van der Waals surface area contributed by atoms with Gasteiger partial charge in [0.25, 0.3) is 0 Å². The Morgan fingerprint density at radius 1 is 0.800 bits per heavy atom. The average Bonchev–Trinajstić information content (AvgIpc) is 3.04. The van der Waals surface area contributed by atoms with Crippen LogP contribution in [0.15, 0.2) is 24.4 Å². The number of benzene rings is 1. The van der Waals surface area contributed by atoms with Crippen molar-refractivity contribution in [2.24, 2.45) is 0 Å². The zero-order chi connectivity index (χ0) is 17.7. The third-order valence-corrected chi connectivity index (χ3v) is 5.04. The monoisotopic (exact) mass is 343 g/mol. The maximum Gasteiger partial charge on any atom is 0.143 e. The predicted molar refractivity (Wildman–Crippen MR) is 110 cm³/mol. The molecule has 1 aromatic carbocycles. The van der Waals surface area contributed by atoms with Gasteiger partial charge in [0.05, 0.1) is 12.1 Å². The quantitative estimate of drug-likeness (QED) is 0.355. The normalized spacial score (nSPS) is 11.3. The fraction of sp³-hybridized carbons (Fsp3) is 0.652. The van der Waals surface area contributed by atoms with Crippen LogP contribution >= 0.6 is 0 Å². The number of aromatic amines is 1. The number of aryl methyl sites for hydroxylation is 1. The van der Waals surface area contributed by atoms with Gasteiger partial charge in [-0.05, 0) is 24.5 Å². The molecule has 0 aliphatic rings. The zero-order valence-corrected chi connectivity index (χ0v) is 16.4. The molecule has 0 radical (unpaired) electrons. The highest BCUT2D eigenvalue weighted by Crippen LogP contribution is 2.28. The molecule has 0 fully saturated rings. The van der Waals surface area contributed by atoms with Crippen LogP contribution in [0.5, 0.6) is 5.75 Å². The molecular formula is C23H37NO. The van der Waals surface area contributed by atoms with Gasteiger partial charge < -0.3 is 9.72 Å². The van der Waals surface area contributed by atoms with E-state index in [-0.39, 0.29) is 0 Å².